The molecule has 0 aliphatic carbocycles. The van der Waals surface area contributed by atoms with Crippen molar-refractivity contribution in [3.8, 4) is 11.4 Å². The normalized spacial score (nSPS) is 10.9. The largest absolute Gasteiger partial charge is 0.508 e. The second-order valence-electron chi connectivity index (χ2n) is 5.16. The fraction of sp³-hybridized carbons (Fsp3) is 0.118. The maximum absolute atomic E-state index is 13.7. The molecule has 0 saturated heterocycles. The van der Waals surface area contributed by atoms with Crippen molar-refractivity contribution < 1.29 is 13.9 Å². The molecule has 23 heavy (non-hydrogen) atoms. The number of halogens is 2. The average molecular weight is 315 g/mol. The van der Waals surface area contributed by atoms with E-state index in [0.29, 0.717) is 13.1 Å². The van der Waals surface area contributed by atoms with Crippen LogP contribution in [0.2, 0.25) is 0 Å². The predicted octanol–water partition coefficient (Wildman–Crippen LogP) is 3.15. The van der Waals surface area contributed by atoms with Crippen LogP contribution in [0.5, 0.6) is 5.75 Å². The minimum atomic E-state index is -0.660. The number of aromatic hydroxyl groups is 1. The second-order valence-corrected chi connectivity index (χ2v) is 5.16. The van der Waals surface area contributed by atoms with E-state index in [4.69, 9.17) is 0 Å². The topological polar surface area (TPSA) is 50.1 Å². The minimum absolute atomic E-state index is 0.200. The van der Waals surface area contributed by atoms with Crippen molar-refractivity contribution in [3.05, 3.63) is 77.6 Å². The fourth-order valence-corrected chi connectivity index (χ4v) is 2.27. The Hall–Kier alpha value is -2.73. The molecule has 0 bridgehead atoms. The van der Waals surface area contributed by atoms with Crippen LogP contribution < -0.4 is 5.32 Å². The first kappa shape index (κ1) is 15.2. The van der Waals surface area contributed by atoms with E-state index in [2.05, 4.69) is 10.4 Å². The first-order chi connectivity index (χ1) is 11.1. The maximum Gasteiger partial charge on any atom is 0.151 e. The van der Waals surface area contributed by atoms with Crippen molar-refractivity contribution in [1.82, 2.24) is 15.1 Å². The number of phenols is 1. The zero-order valence-electron chi connectivity index (χ0n) is 12.2. The number of hydrogen-bond acceptors (Lipinski definition) is 3. The van der Waals surface area contributed by atoms with Crippen molar-refractivity contribution in [3.63, 3.8) is 0 Å². The standard InChI is InChI=1S/C17H15F2N3O/c18-14-4-5-17(16(19)7-14)22-11-13(10-21-22)9-20-8-12-2-1-3-15(23)6-12/h1-7,10-11,20,23H,8-9H2. The van der Waals surface area contributed by atoms with Crippen LogP contribution in [0.1, 0.15) is 11.1 Å². The number of hydrogen-bond donors (Lipinski definition) is 2. The van der Waals surface area contributed by atoms with Crippen LogP contribution in [0.15, 0.2) is 54.9 Å². The van der Waals surface area contributed by atoms with Gasteiger partial charge in [0.25, 0.3) is 0 Å². The molecule has 2 N–H and O–H groups in total. The van der Waals surface area contributed by atoms with Crippen LogP contribution in [-0.2, 0) is 13.1 Å². The van der Waals surface area contributed by atoms with Gasteiger partial charge in [0.15, 0.2) is 5.82 Å². The number of nitrogens with zero attached hydrogens (tertiary/aromatic N) is 2. The number of rotatable bonds is 5. The molecule has 1 heterocycles. The SMILES string of the molecule is Oc1cccc(CNCc2cnn(-c3ccc(F)cc3F)c2)c1. The van der Waals surface area contributed by atoms with Gasteiger partial charge in [0, 0.05) is 30.9 Å². The molecular formula is C17H15F2N3O. The van der Waals surface area contributed by atoms with Crippen molar-refractivity contribution in [2.45, 2.75) is 13.1 Å². The molecule has 0 fully saturated rings. The molecular weight excluding hydrogens is 300 g/mol. The van der Waals surface area contributed by atoms with Gasteiger partial charge in [0.05, 0.1) is 6.20 Å². The van der Waals surface area contributed by atoms with Crippen molar-refractivity contribution >= 4 is 0 Å². The van der Waals surface area contributed by atoms with E-state index in [-0.39, 0.29) is 11.4 Å². The highest BCUT2D eigenvalue weighted by molar-refractivity contribution is 5.33. The lowest BCUT2D eigenvalue weighted by atomic mass is 10.2. The van der Waals surface area contributed by atoms with Gasteiger partial charge in [0.1, 0.15) is 17.3 Å². The van der Waals surface area contributed by atoms with Crippen molar-refractivity contribution in [2.75, 3.05) is 0 Å². The Labute approximate surface area is 132 Å². The van der Waals surface area contributed by atoms with Gasteiger partial charge in [-0.25, -0.2) is 13.5 Å². The summed E-state index contributed by atoms with van der Waals surface area (Å²) in [4.78, 5) is 0. The molecule has 3 aromatic rings. The quantitative estimate of drug-likeness (QED) is 0.760. The highest BCUT2D eigenvalue weighted by Crippen LogP contribution is 2.15. The summed E-state index contributed by atoms with van der Waals surface area (Å²) in [5.41, 5.74) is 2.03. The van der Waals surface area contributed by atoms with Crippen LogP contribution in [-0.4, -0.2) is 14.9 Å². The van der Waals surface area contributed by atoms with Crippen molar-refractivity contribution in [1.29, 1.82) is 0 Å². The lowest BCUT2D eigenvalue weighted by Gasteiger charge is -2.04. The molecule has 0 saturated carbocycles. The van der Waals surface area contributed by atoms with E-state index in [1.54, 1.807) is 30.6 Å². The first-order valence-electron chi connectivity index (χ1n) is 7.09. The van der Waals surface area contributed by atoms with Crippen LogP contribution in [0.25, 0.3) is 5.69 Å². The molecule has 1 aromatic heterocycles. The molecule has 0 spiro atoms. The smallest absolute Gasteiger partial charge is 0.151 e. The van der Waals surface area contributed by atoms with Crippen LogP contribution in [0.4, 0.5) is 8.78 Å². The van der Waals surface area contributed by atoms with E-state index in [1.807, 2.05) is 6.07 Å². The first-order valence-corrected chi connectivity index (χ1v) is 7.09. The molecule has 2 aromatic carbocycles. The molecule has 6 heteroatoms. The summed E-state index contributed by atoms with van der Waals surface area (Å²) in [5.74, 6) is -1.05. The molecule has 0 unspecified atom stereocenters. The third-order valence-corrected chi connectivity index (χ3v) is 3.36. The Morgan fingerprint density at radius 1 is 1.04 bits per heavy atom. The Morgan fingerprint density at radius 2 is 1.87 bits per heavy atom. The number of aromatic nitrogens is 2. The highest BCUT2D eigenvalue weighted by atomic mass is 19.1. The van der Waals surface area contributed by atoms with Crippen LogP contribution >= 0.6 is 0 Å². The number of benzene rings is 2. The van der Waals surface area contributed by atoms with Crippen LogP contribution in [0, 0.1) is 11.6 Å². The Morgan fingerprint density at radius 3 is 2.65 bits per heavy atom. The minimum Gasteiger partial charge on any atom is -0.508 e. The van der Waals surface area contributed by atoms with Gasteiger partial charge in [0.2, 0.25) is 0 Å². The summed E-state index contributed by atoms with van der Waals surface area (Å²) >= 11 is 0. The van der Waals surface area contributed by atoms with Gasteiger partial charge >= 0.3 is 0 Å². The summed E-state index contributed by atoms with van der Waals surface area (Å²) in [6, 6.07) is 10.4. The van der Waals surface area contributed by atoms with Gasteiger partial charge < -0.3 is 10.4 Å². The van der Waals surface area contributed by atoms with Gasteiger partial charge in [-0.05, 0) is 29.8 Å². The maximum atomic E-state index is 13.7. The summed E-state index contributed by atoms with van der Waals surface area (Å²) in [6.07, 6.45) is 3.31. The Balaban J connectivity index is 1.63. The molecule has 0 amide bonds. The predicted molar refractivity (Wildman–Crippen MR) is 82.1 cm³/mol. The molecule has 0 aliphatic rings. The second kappa shape index (κ2) is 6.58. The lowest BCUT2D eigenvalue weighted by Crippen LogP contribution is -2.12. The molecule has 3 rings (SSSR count). The van der Waals surface area contributed by atoms with E-state index in [9.17, 15) is 13.9 Å². The van der Waals surface area contributed by atoms with Gasteiger partial charge in [-0.2, -0.15) is 5.10 Å². The average Bonchev–Trinajstić information content (AvgIpc) is 2.96. The summed E-state index contributed by atoms with van der Waals surface area (Å²) in [5, 5.41) is 16.7. The van der Waals surface area contributed by atoms with E-state index < -0.39 is 11.6 Å². The highest BCUT2D eigenvalue weighted by Gasteiger charge is 2.07. The number of nitrogens with one attached hydrogen (secondary N) is 1. The van der Waals surface area contributed by atoms with E-state index >= 15 is 0 Å². The lowest BCUT2D eigenvalue weighted by molar-refractivity contribution is 0.474. The molecule has 0 atom stereocenters. The zero-order chi connectivity index (χ0) is 16.2. The van der Waals surface area contributed by atoms with Crippen molar-refractivity contribution in [2.24, 2.45) is 0 Å². The number of phenolic OH excluding ortho intramolecular Hbond substituents is 1. The Bertz CT molecular complexity index is 817. The summed E-state index contributed by atoms with van der Waals surface area (Å²) in [6.45, 7) is 1.13. The van der Waals surface area contributed by atoms with Gasteiger partial charge in [-0.15, -0.1) is 0 Å². The fourth-order valence-electron chi connectivity index (χ4n) is 2.27. The molecule has 4 nitrogen and oxygen atoms in total. The third kappa shape index (κ3) is 3.73. The summed E-state index contributed by atoms with van der Waals surface area (Å²) < 4.78 is 28.0. The Kier molecular flexibility index (Phi) is 4.34. The molecule has 0 radical (unpaired) electrons. The van der Waals surface area contributed by atoms with Gasteiger partial charge in [-0.1, -0.05) is 12.1 Å². The summed E-state index contributed by atoms with van der Waals surface area (Å²) in [7, 11) is 0. The molecule has 0 aliphatic heterocycles. The monoisotopic (exact) mass is 315 g/mol. The van der Waals surface area contributed by atoms with Gasteiger partial charge in [-0.3, -0.25) is 0 Å². The molecule has 118 valence electrons. The van der Waals surface area contributed by atoms with E-state index in [1.165, 1.54) is 16.8 Å². The zero-order valence-corrected chi connectivity index (χ0v) is 12.2. The third-order valence-electron chi connectivity index (χ3n) is 3.36. The van der Waals surface area contributed by atoms with Crippen LogP contribution in [0.3, 0.4) is 0 Å². The van der Waals surface area contributed by atoms with E-state index in [0.717, 1.165) is 17.2 Å².